The molecule has 1 heterocycles. The fourth-order valence-corrected chi connectivity index (χ4v) is 0.513. The summed E-state index contributed by atoms with van der Waals surface area (Å²) in [7, 11) is 0. The van der Waals surface area contributed by atoms with Gasteiger partial charge in [0, 0.05) is 6.08 Å². The Kier molecular flexibility index (Phi) is 1.86. The van der Waals surface area contributed by atoms with Crippen LogP contribution in [0.4, 0.5) is 5.95 Å². The lowest BCUT2D eigenvalue weighted by Crippen LogP contribution is -1.87. The Morgan fingerprint density at radius 1 is 1.73 bits per heavy atom. The first-order valence-corrected chi connectivity index (χ1v) is 2.77. The molecule has 4 N–H and O–H groups in total. The zero-order valence-electron chi connectivity index (χ0n) is 5.48. The largest absolute Gasteiger partial charge is 0.478 e. The molecule has 0 atom stereocenters. The fourth-order valence-electron chi connectivity index (χ4n) is 0.513. The van der Waals surface area contributed by atoms with Crippen LogP contribution in [-0.2, 0) is 4.79 Å². The number of aromatic amines is 1. The number of H-pyrrole nitrogens is 1. The highest BCUT2D eigenvalue weighted by Crippen LogP contribution is 1.94. The van der Waals surface area contributed by atoms with Crippen LogP contribution in [-0.4, -0.2) is 26.3 Å². The second-order valence-electron chi connectivity index (χ2n) is 1.75. The quantitative estimate of drug-likeness (QED) is 0.497. The molecule has 0 aliphatic carbocycles. The number of nitrogens with two attached hydrogens (primary N) is 1. The van der Waals surface area contributed by atoms with E-state index in [1.807, 2.05) is 0 Å². The van der Waals surface area contributed by atoms with Crippen LogP contribution < -0.4 is 5.73 Å². The standard InChI is InChI=1S/C5H6N4O2/c6-5-7-3(8-9-5)1-2-4(10)11/h1-2H,(H,10,11)(H3,6,7,8,9). The molecule has 0 saturated heterocycles. The predicted octanol–water partition coefficient (Wildman–Crippen LogP) is -0.515. The van der Waals surface area contributed by atoms with Gasteiger partial charge in [-0.05, 0) is 6.08 Å². The van der Waals surface area contributed by atoms with Crippen LogP contribution in [0.2, 0.25) is 0 Å². The second kappa shape index (κ2) is 2.82. The number of hydrogen-bond donors (Lipinski definition) is 3. The van der Waals surface area contributed by atoms with Gasteiger partial charge in [-0.1, -0.05) is 0 Å². The van der Waals surface area contributed by atoms with Crippen molar-refractivity contribution in [2.24, 2.45) is 0 Å². The second-order valence-corrected chi connectivity index (χ2v) is 1.75. The lowest BCUT2D eigenvalue weighted by molar-refractivity contribution is -0.131. The molecule has 58 valence electrons. The van der Waals surface area contributed by atoms with Gasteiger partial charge < -0.3 is 10.8 Å². The molecule has 1 aromatic rings. The Bertz CT molecular complexity index is 290. The van der Waals surface area contributed by atoms with Crippen molar-refractivity contribution in [2.75, 3.05) is 5.73 Å². The molecule has 0 aliphatic rings. The number of nitrogens with zero attached hydrogens (tertiary/aromatic N) is 2. The minimum absolute atomic E-state index is 0.0926. The van der Waals surface area contributed by atoms with Gasteiger partial charge in [0.1, 0.15) is 0 Å². The SMILES string of the molecule is Nc1n[nH]c(C=CC(=O)O)n1. The van der Waals surface area contributed by atoms with E-state index in [1.165, 1.54) is 6.08 Å². The zero-order valence-corrected chi connectivity index (χ0v) is 5.48. The van der Waals surface area contributed by atoms with Crippen molar-refractivity contribution < 1.29 is 9.90 Å². The van der Waals surface area contributed by atoms with Crippen molar-refractivity contribution in [3.05, 3.63) is 11.9 Å². The van der Waals surface area contributed by atoms with Crippen LogP contribution in [0.5, 0.6) is 0 Å². The molecule has 0 fully saturated rings. The van der Waals surface area contributed by atoms with E-state index in [0.717, 1.165) is 6.08 Å². The van der Waals surface area contributed by atoms with E-state index >= 15 is 0 Å². The molecule has 0 aliphatic heterocycles. The number of aromatic nitrogens is 3. The van der Waals surface area contributed by atoms with Crippen LogP contribution in [0, 0.1) is 0 Å². The third-order valence-electron chi connectivity index (χ3n) is 0.904. The number of carboxylic acid groups (broad SMARTS) is 1. The summed E-state index contributed by atoms with van der Waals surface area (Å²) in [5.74, 6) is -0.625. The average molecular weight is 154 g/mol. The monoisotopic (exact) mass is 154 g/mol. The lowest BCUT2D eigenvalue weighted by atomic mass is 10.5. The molecule has 0 saturated carbocycles. The van der Waals surface area contributed by atoms with E-state index in [4.69, 9.17) is 10.8 Å². The molecule has 11 heavy (non-hydrogen) atoms. The van der Waals surface area contributed by atoms with Gasteiger partial charge in [0.15, 0.2) is 5.82 Å². The maximum absolute atomic E-state index is 10.00. The molecular formula is C5H6N4O2. The molecule has 1 aromatic heterocycles. The van der Waals surface area contributed by atoms with Crippen LogP contribution >= 0.6 is 0 Å². The van der Waals surface area contributed by atoms with Gasteiger partial charge in [0.2, 0.25) is 5.95 Å². The van der Waals surface area contributed by atoms with Gasteiger partial charge >= 0.3 is 5.97 Å². The van der Waals surface area contributed by atoms with E-state index in [-0.39, 0.29) is 5.95 Å². The van der Waals surface area contributed by atoms with Crippen LogP contribution in [0.1, 0.15) is 5.82 Å². The highest BCUT2D eigenvalue weighted by Gasteiger charge is 1.94. The first-order chi connectivity index (χ1) is 5.18. The minimum Gasteiger partial charge on any atom is -0.478 e. The molecule has 1 rings (SSSR count). The average Bonchev–Trinajstić information content (AvgIpc) is 2.31. The van der Waals surface area contributed by atoms with Crippen LogP contribution in [0.3, 0.4) is 0 Å². The van der Waals surface area contributed by atoms with E-state index < -0.39 is 5.97 Å². The molecule has 0 bridgehead atoms. The molecular weight excluding hydrogens is 148 g/mol. The van der Waals surface area contributed by atoms with Gasteiger partial charge in [0.05, 0.1) is 0 Å². The maximum atomic E-state index is 10.00. The summed E-state index contributed by atoms with van der Waals surface area (Å²) >= 11 is 0. The Labute approximate surface area is 61.7 Å². The third kappa shape index (κ3) is 2.09. The summed E-state index contributed by atoms with van der Waals surface area (Å²) in [6.07, 6.45) is 2.21. The van der Waals surface area contributed by atoms with Crippen molar-refractivity contribution in [1.29, 1.82) is 0 Å². The minimum atomic E-state index is -1.04. The Morgan fingerprint density at radius 3 is 2.91 bits per heavy atom. The summed E-state index contributed by atoms with van der Waals surface area (Å²) in [5, 5.41) is 14.1. The number of rotatable bonds is 2. The van der Waals surface area contributed by atoms with Crippen LogP contribution in [0.25, 0.3) is 6.08 Å². The Balaban J connectivity index is 2.71. The van der Waals surface area contributed by atoms with E-state index in [0.29, 0.717) is 5.82 Å². The fraction of sp³-hybridized carbons (Fsp3) is 0. The molecule has 0 spiro atoms. The lowest BCUT2D eigenvalue weighted by Gasteiger charge is -1.78. The summed E-state index contributed by atoms with van der Waals surface area (Å²) in [5.41, 5.74) is 5.15. The number of carboxylic acids is 1. The number of carbonyl (C=O) groups is 1. The summed E-state index contributed by atoms with van der Waals surface area (Å²) in [6.45, 7) is 0. The number of aliphatic carboxylic acids is 1. The normalized spacial score (nSPS) is 10.5. The van der Waals surface area contributed by atoms with Gasteiger partial charge in [0.25, 0.3) is 0 Å². The van der Waals surface area contributed by atoms with E-state index in [2.05, 4.69) is 15.2 Å². The smallest absolute Gasteiger partial charge is 0.328 e. The van der Waals surface area contributed by atoms with Crippen molar-refractivity contribution in [2.45, 2.75) is 0 Å². The van der Waals surface area contributed by atoms with Crippen molar-refractivity contribution in [3.8, 4) is 0 Å². The third-order valence-corrected chi connectivity index (χ3v) is 0.904. The molecule has 0 unspecified atom stereocenters. The number of hydrogen-bond acceptors (Lipinski definition) is 4. The molecule has 0 radical (unpaired) electrons. The topological polar surface area (TPSA) is 105 Å². The van der Waals surface area contributed by atoms with Gasteiger partial charge in [-0.15, -0.1) is 5.10 Å². The van der Waals surface area contributed by atoms with Crippen molar-refractivity contribution >= 4 is 18.0 Å². The zero-order chi connectivity index (χ0) is 8.27. The Hall–Kier alpha value is -1.85. The number of anilines is 1. The highest BCUT2D eigenvalue weighted by molar-refractivity contribution is 5.84. The number of nitrogens with one attached hydrogen (secondary N) is 1. The molecule has 0 aromatic carbocycles. The van der Waals surface area contributed by atoms with Crippen LogP contribution in [0.15, 0.2) is 6.08 Å². The first-order valence-electron chi connectivity index (χ1n) is 2.77. The van der Waals surface area contributed by atoms with Crippen molar-refractivity contribution in [3.63, 3.8) is 0 Å². The highest BCUT2D eigenvalue weighted by atomic mass is 16.4. The molecule has 6 heteroatoms. The maximum Gasteiger partial charge on any atom is 0.328 e. The van der Waals surface area contributed by atoms with Gasteiger partial charge in [-0.25, -0.2) is 4.79 Å². The van der Waals surface area contributed by atoms with E-state index in [1.54, 1.807) is 0 Å². The summed E-state index contributed by atoms with van der Waals surface area (Å²) < 4.78 is 0. The molecule has 6 nitrogen and oxygen atoms in total. The van der Waals surface area contributed by atoms with E-state index in [9.17, 15) is 4.79 Å². The first kappa shape index (κ1) is 7.26. The van der Waals surface area contributed by atoms with Crippen molar-refractivity contribution in [1.82, 2.24) is 15.2 Å². The van der Waals surface area contributed by atoms with Gasteiger partial charge in [-0.2, -0.15) is 4.98 Å². The summed E-state index contributed by atoms with van der Waals surface area (Å²) in [4.78, 5) is 13.6. The molecule has 0 amide bonds. The predicted molar refractivity (Wildman–Crippen MR) is 37.5 cm³/mol. The Morgan fingerprint density at radius 2 is 2.45 bits per heavy atom. The summed E-state index contributed by atoms with van der Waals surface area (Å²) in [6, 6.07) is 0. The van der Waals surface area contributed by atoms with Gasteiger partial charge in [-0.3, -0.25) is 5.10 Å². The number of nitrogen functional groups attached to an aromatic ring is 1.